The lowest BCUT2D eigenvalue weighted by molar-refractivity contribution is 0.160. The van der Waals surface area contributed by atoms with Crippen molar-refractivity contribution in [2.75, 3.05) is 7.11 Å². The molecular formula is C16H15BrClNO2. The molecule has 2 aromatic rings. The average molecular weight is 369 g/mol. The van der Waals surface area contributed by atoms with Gasteiger partial charge in [-0.05, 0) is 24.3 Å². The van der Waals surface area contributed by atoms with Crippen LogP contribution in [0, 0.1) is 0 Å². The number of nitrogens with two attached hydrogens (primary N) is 1. The maximum absolute atomic E-state index is 6.28. The Kier molecular flexibility index (Phi) is 4.11. The van der Waals surface area contributed by atoms with Gasteiger partial charge in [0.05, 0.1) is 7.11 Å². The molecule has 1 unspecified atom stereocenters. The Morgan fingerprint density at radius 1 is 1.24 bits per heavy atom. The van der Waals surface area contributed by atoms with Crippen molar-refractivity contribution in [3.05, 3.63) is 57.0 Å². The molecule has 5 heteroatoms. The van der Waals surface area contributed by atoms with E-state index in [9.17, 15) is 0 Å². The normalized spacial score (nSPS) is 20.6. The number of methoxy groups -OCH3 is 1. The Labute approximate surface area is 137 Å². The number of hydrogen-bond acceptors (Lipinski definition) is 3. The highest BCUT2D eigenvalue weighted by Gasteiger charge is 2.28. The molecule has 3 rings (SSSR count). The topological polar surface area (TPSA) is 44.5 Å². The fourth-order valence-corrected chi connectivity index (χ4v) is 3.24. The summed E-state index contributed by atoms with van der Waals surface area (Å²) in [6.07, 6.45) is 0.575. The third-order valence-corrected chi connectivity index (χ3v) is 4.62. The zero-order chi connectivity index (χ0) is 15.0. The van der Waals surface area contributed by atoms with Crippen LogP contribution in [0.1, 0.15) is 29.7 Å². The second-order valence-corrected chi connectivity index (χ2v) is 6.31. The molecule has 1 aliphatic heterocycles. The molecule has 0 aliphatic carbocycles. The van der Waals surface area contributed by atoms with Gasteiger partial charge in [-0.3, -0.25) is 0 Å². The summed E-state index contributed by atoms with van der Waals surface area (Å²) in [5.74, 6) is 1.52. The monoisotopic (exact) mass is 367 g/mol. The van der Waals surface area contributed by atoms with Crippen LogP contribution in [0.2, 0.25) is 5.02 Å². The summed E-state index contributed by atoms with van der Waals surface area (Å²) in [4.78, 5) is 0. The lowest BCUT2D eigenvalue weighted by atomic mass is 9.93. The maximum Gasteiger partial charge on any atom is 0.128 e. The molecular weight excluding hydrogens is 354 g/mol. The molecule has 2 atom stereocenters. The van der Waals surface area contributed by atoms with E-state index in [2.05, 4.69) is 15.9 Å². The van der Waals surface area contributed by atoms with Gasteiger partial charge in [0.2, 0.25) is 0 Å². The van der Waals surface area contributed by atoms with Gasteiger partial charge < -0.3 is 15.2 Å². The van der Waals surface area contributed by atoms with Crippen molar-refractivity contribution in [1.29, 1.82) is 0 Å². The Hall–Kier alpha value is -1.23. The summed E-state index contributed by atoms with van der Waals surface area (Å²) in [5, 5.41) is 0.682. The van der Waals surface area contributed by atoms with Crippen molar-refractivity contribution in [2.45, 2.75) is 18.6 Å². The third-order valence-electron chi connectivity index (χ3n) is 3.66. The van der Waals surface area contributed by atoms with E-state index < -0.39 is 0 Å². The van der Waals surface area contributed by atoms with Gasteiger partial charge in [-0.15, -0.1) is 0 Å². The molecule has 2 aromatic carbocycles. The molecule has 1 aliphatic rings. The van der Waals surface area contributed by atoms with Crippen molar-refractivity contribution in [1.82, 2.24) is 0 Å². The van der Waals surface area contributed by atoms with Crippen LogP contribution in [-0.2, 0) is 0 Å². The van der Waals surface area contributed by atoms with Crippen LogP contribution >= 0.6 is 27.5 Å². The lowest BCUT2D eigenvalue weighted by Gasteiger charge is -2.31. The van der Waals surface area contributed by atoms with Gasteiger partial charge >= 0.3 is 0 Å². The van der Waals surface area contributed by atoms with Gasteiger partial charge in [0.1, 0.15) is 17.6 Å². The highest BCUT2D eigenvalue weighted by Crippen LogP contribution is 2.43. The molecule has 3 nitrogen and oxygen atoms in total. The van der Waals surface area contributed by atoms with E-state index in [0.717, 1.165) is 27.1 Å². The SMILES string of the molecule is COc1ccc2c(c1)OC(c1cc(Cl)ccc1Br)C[C@@H]2N. The third kappa shape index (κ3) is 2.89. The summed E-state index contributed by atoms with van der Waals surface area (Å²) in [6, 6.07) is 11.3. The average Bonchev–Trinajstić information content (AvgIpc) is 2.49. The molecule has 0 aromatic heterocycles. The van der Waals surface area contributed by atoms with Gasteiger partial charge in [-0.2, -0.15) is 0 Å². The van der Waals surface area contributed by atoms with Crippen molar-refractivity contribution < 1.29 is 9.47 Å². The molecule has 0 radical (unpaired) electrons. The minimum atomic E-state index is -0.132. The number of halogens is 2. The van der Waals surface area contributed by atoms with Gasteiger partial charge in [-0.25, -0.2) is 0 Å². The fourth-order valence-electron chi connectivity index (χ4n) is 2.56. The Morgan fingerprint density at radius 2 is 2.05 bits per heavy atom. The largest absolute Gasteiger partial charge is 0.497 e. The van der Waals surface area contributed by atoms with E-state index in [0.29, 0.717) is 11.4 Å². The van der Waals surface area contributed by atoms with Crippen LogP contribution in [0.25, 0.3) is 0 Å². The predicted molar refractivity (Wildman–Crippen MR) is 87.1 cm³/mol. The maximum atomic E-state index is 6.28. The van der Waals surface area contributed by atoms with Crippen LogP contribution in [0.5, 0.6) is 11.5 Å². The zero-order valence-corrected chi connectivity index (χ0v) is 13.8. The minimum absolute atomic E-state index is 0.0736. The predicted octanol–water partition coefficient (Wildman–Crippen LogP) is 4.63. The molecule has 0 spiro atoms. The Bertz CT molecular complexity index is 677. The first-order chi connectivity index (χ1) is 10.1. The molecule has 110 valence electrons. The van der Waals surface area contributed by atoms with Crippen LogP contribution in [0.3, 0.4) is 0 Å². The van der Waals surface area contributed by atoms with Crippen LogP contribution in [0.4, 0.5) is 0 Å². The standard InChI is InChI=1S/C16H15BrClNO2/c1-20-10-3-4-11-14(19)8-16(21-15(11)7-10)12-6-9(18)2-5-13(12)17/h2-7,14,16H,8,19H2,1H3/t14-,16?/m0/s1. The molecule has 2 N–H and O–H groups in total. The Morgan fingerprint density at radius 3 is 2.81 bits per heavy atom. The Balaban J connectivity index is 1.98. The molecule has 0 amide bonds. The number of benzene rings is 2. The van der Waals surface area contributed by atoms with Crippen molar-refractivity contribution in [3.8, 4) is 11.5 Å². The van der Waals surface area contributed by atoms with Gasteiger partial charge in [0.15, 0.2) is 0 Å². The van der Waals surface area contributed by atoms with Crippen LogP contribution < -0.4 is 15.2 Å². The zero-order valence-electron chi connectivity index (χ0n) is 11.5. The highest BCUT2D eigenvalue weighted by molar-refractivity contribution is 9.10. The first-order valence-corrected chi connectivity index (χ1v) is 7.80. The second-order valence-electron chi connectivity index (χ2n) is 5.02. The van der Waals surface area contributed by atoms with Crippen LogP contribution in [-0.4, -0.2) is 7.11 Å². The van der Waals surface area contributed by atoms with E-state index in [4.69, 9.17) is 26.8 Å². The molecule has 21 heavy (non-hydrogen) atoms. The van der Waals surface area contributed by atoms with Crippen molar-refractivity contribution >= 4 is 27.5 Å². The van der Waals surface area contributed by atoms with Crippen molar-refractivity contribution in [2.24, 2.45) is 5.73 Å². The van der Waals surface area contributed by atoms with E-state index >= 15 is 0 Å². The number of fused-ring (bicyclic) bond motifs is 1. The lowest BCUT2D eigenvalue weighted by Crippen LogP contribution is -2.24. The summed E-state index contributed by atoms with van der Waals surface area (Å²) in [5.41, 5.74) is 8.30. The van der Waals surface area contributed by atoms with E-state index in [1.165, 1.54) is 0 Å². The van der Waals surface area contributed by atoms with Crippen LogP contribution in [0.15, 0.2) is 40.9 Å². The summed E-state index contributed by atoms with van der Waals surface area (Å²) in [6.45, 7) is 0. The number of rotatable bonds is 2. The summed E-state index contributed by atoms with van der Waals surface area (Å²) in [7, 11) is 1.63. The molecule has 0 fully saturated rings. The fraction of sp³-hybridized carbons (Fsp3) is 0.250. The molecule has 0 saturated carbocycles. The number of ether oxygens (including phenoxy) is 2. The summed E-state index contributed by atoms with van der Waals surface area (Å²) >= 11 is 9.64. The first-order valence-electron chi connectivity index (χ1n) is 6.63. The summed E-state index contributed by atoms with van der Waals surface area (Å²) < 4.78 is 12.3. The van der Waals surface area contributed by atoms with E-state index in [1.807, 2.05) is 36.4 Å². The minimum Gasteiger partial charge on any atom is -0.497 e. The highest BCUT2D eigenvalue weighted by atomic mass is 79.9. The molecule has 1 heterocycles. The van der Waals surface area contributed by atoms with Gasteiger partial charge in [0, 0.05) is 39.2 Å². The smallest absolute Gasteiger partial charge is 0.128 e. The van der Waals surface area contributed by atoms with Crippen molar-refractivity contribution in [3.63, 3.8) is 0 Å². The quantitative estimate of drug-likeness (QED) is 0.840. The van der Waals surface area contributed by atoms with E-state index in [1.54, 1.807) is 7.11 Å². The molecule has 0 bridgehead atoms. The number of hydrogen-bond donors (Lipinski definition) is 1. The first kappa shape index (κ1) is 14.7. The second kappa shape index (κ2) is 5.87. The van der Waals surface area contributed by atoms with E-state index in [-0.39, 0.29) is 12.1 Å². The van der Waals surface area contributed by atoms with Gasteiger partial charge in [0.25, 0.3) is 0 Å². The molecule has 0 saturated heterocycles. The van der Waals surface area contributed by atoms with Gasteiger partial charge in [-0.1, -0.05) is 33.6 Å².